The summed E-state index contributed by atoms with van der Waals surface area (Å²) in [5.41, 5.74) is -0.266. The molecule has 0 aromatic heterocycles. The molecule has 0 aromatic carbocycles. The van der Waals surface area contributed by atoms with Crippen LogP contribution in [0.4, 0.5) is 0 Å². The fourth-order valence-corrected chi connectivity index (χ4v) is 5.56. The molecule has 3 atom stereocenters. The molecule has 0 unspecified atom stereocenters. The van der Waals surface area contributed by atoms with E-state index in [-0.39, 0.29) is 29.5 Å². The SMILES string of the molecule is C=CC[C@H](C)C(=O)C[P@@]1(=O)O[C@@H](C)CCN1C(C)(C)C. The van der Waals surface area contributed by atoms with Gasteiger partial charge in [0, 0.05) is 18.0 Å². The molecular weight excluding hydrogens is 273 g/mol. The molecule has 5 heteroatoms. The first-order valence-corrected chi connectivity index (χ1v) is 9.05. The van der Waals surface area contributed by atoms with Gasteiger partial charge in [-0.2, -0.15) is 0 Å². The second-order valence-corrected chi connectivity index (χ2v) is 8.97. The van der Waals surface area contributed by atoms with Crippen molar-refractivity contribution in [3.05, 3.63) is 12.7 Å². The van der Waals surface area contributed by atoms with Gasteiger partial charge in [0.15, 0.2) is 0 Å². The molecule has 0 N–H and O–H groups in total. The first-order valence-electron chi connectivity index (χ1n) is 7.29. The molecule has 0 bridgehead atoms. The molecule has 0 spiro atoms. The maximum absolute atomic E-state index is 13.2. The number of allylic oxidation sites excluding steroid dienone is 1. The Balaban J connectivity index is 2.92. The fraction of sp³-hybridized carbons (Fsp3) is 0.800. The van der Waals surface area contributed by atoms with Gasteiger partial charge in [0.1, 0.15) is 5.78 Å². The smallest absolute Gasteiger partial charge is 0.280 e. The molecule has 0 saturated carbocycles. The van der Waals surface area contributed by atoms with Crippen molar-refractivity contribution in [2.24, 2.45) is 5.92 Å². The van der Waals surface area contributed by atoms with Crippen molar-refractivity contribution in [2.75, 3.05) is 12.7 Å². The molecule has 0 amide bonds. The molecule has 20 heavy (non-hydrogen) atoms. The van der Waals surface area contributed by atoms with Crippen LogP contribution in [-0.2, 0) is 13.9 Å². The van der Waals surface area contributed by atoms with Gasteiger partial charge in [0.25, 0.3) is 7.52 Å². The molecule has 0 radical (unpaired) electrons. The van der Waals surface area contributed by atoms with Crippen LogP contribution in [0, 0.1) is 5.92 Å². The number of ketones is 1. The maximum atomic E-state index is 13.2. The molecule has 1 aliphatic heterocycles. The van der Waals surface area contributed by atoms with Crippen molar-refractivity contribution in [3.8, 4) is 0 Å². The molecule has 0 aliphatic carbocycles. The molecule has 1 heterocycles. The highest BCUT2D eigenvalue weighted by molar-refractivity contribution is 7.57. The molecule has 1 fully saturated rings. The monoisotopic (exact) mass is 301 g/mol. The Labute approximate surface area is 123 Å². The minimum atomic E-state index is -3.09. The van der Waals surface area contributed by atoms with E-state index in [9.17, 15) is 9.36 Å². The summed E-state index contributed by atoms with van der Waals surface area (Å²) in [6.07, 6.45) is 3.14. The molecule has 116 valence electrons. The Kier molecular flexibility index (Phi) is 5.77. The maximum Gasteiger partial charge on any atom is 0.280 e. The van der Waals surface area contributed by atoms with Crippen LogP contribution in [0.3, 0.4) is 0 Å². The first-order chi connectivity index (χ1) is 9.10. The van der Waals surface area contributed by atoms with Crippen molar-refractivity contribution >= 4 is 13.3 Å². The zero-order chi connectivity index (χ0) is 15.6. The van der Waals surface area contributed by atoms with E-state index in [0.717, 1.165) is 6.42 Å². The number of carbonyl (C=O) groups excluding carboxylic acids is 1. The van der Waals surface area contributed by atoms with Gasteiger partial charge < -0.3 is 4.52 Å². The third-order valence-corrected chi connectivity index (χ3v) is 6.60. The van der Waals surface area contributed by atoms with Crippen LogP contribution < -0.4 is 0 Å². The normalized spacial score (nSPS) is 29.9. The van der Waals surface area contributed by atoms with E-state index in [1.165, 1.54) is 0 Å². The van der Waals surface area contributed by atoms with E-state index in [2.05, 4.69) is 6.58 Å². The summed E-state index contributed by atoms with van der Waals surface area (Å²) in [5, 5.41) is 0. The van der Waals surface area contributed by atoms with E-state index in [4.69, 9.17) is 4.52 Å². The summed E-state index contributed by atoms with van der Waals surface area (Å²) in [5.74, 6) is -0.155. The molecule has 0 aromatic rings. The average Bonchev–Trinajstić information content (AvgIpc) is 2.26. The van der Waals surface area contributed by atoms with Gasteiger partial charge in [-0.15, -0.1) is 6.58 Å². The standard InChI is InChI=1S/C15H28NO3P/c1-7-8-12(2)14(17)11-20(18)16(15(4,5)6)10-9-13(3)19-20/h7,12-13H,1,8-11H2,2-6H3/t12-,13-,20+/m0/s1. The summed E-state index contributed by atoms with van der Waals surface area (Å²) < 4.78 is 20.8. The number of nitrogens with zero attached hydrogens (tertiary/aromatic N) is 1. The van der Waals surface area contributed by atoms with Crippen molar-refractivity contribution in [2.45, 2.75) is 59.1 Å². The Morgan fingerprint density at radius 3 is 2.65 bits per heavy atom. The third-order valence-electron chi connectivity index (χ3n) is 3.66. The predicted octanol–water partition coefficient (Wildman–Crippen LogP) is 3.87. The van der Waals surface area contributed by atoms with Gasteiger partial charge in [0.2, 0.25) is 0 Å². The lowest BCUT2D eigenvalue weighted by atomic mass is 10.0. The highest BCUT2D eigenvalue weighted by atomic mass is 31.2. The molecule has 1 rings (SSSR count). The van der Waals surface area contributed by atoms with Gasteiger partial charge >= 0.3 is 0 Å². The van der Waals surface area contributed by atoms with E-state index < -0.39 is 7.52 Å². The lowest BCUT2D eigenvalue weighted by molar-refractivity contribution is -0.120. The van der Waals surface area contributed by atoms with Gasteiger partial charge in [-0.1, -0.05) is 13.0 Å². The number of rotatable bonds is 5. The lowest BCUT2D eigenvalue weighted by Crippen LogP contribution is -2.45. The van der Waals surface area contributed by atoms with Crippen molar-refractivity contribution in [3.63, 3.8) is 0 Å². The zero-order valence-electron chi connectivity index (χ0n) is 13.4. The van der Waals surface area contributed by atoms with Crippen LogP contribution in [0.2, 0.25) is 0 Å². The fourth-order valence-electron chi connectivity index (χ4n) is 2.50. The van der Waals surface area contributed by atoms with Crippen LogP contribution in [0.1, 0.15) is 47.5 Å². The molecular formula is C15H28NO3P. The van der Waals surface area contributed by atoms with E-state index in [0.29, 0.717) is 13.0 Å². The van der Waals surface area contributed by atoms with Crippen molar-refractivity contribution < 1.29 is 13.9 Å². The molecule has 1 aliphatic rings. The number of hydrogen-bond acceptors (Lipinski definition) is 3. The summed E-state index contributed by atoms with van der Waals surface area (Å²) in [7, 11) is -3.09. The zero-order valence-corrected chi connectivity index (χ0v) is 14.3. The summed E-state index contributed by atoms with van der Waals surface area (Å²) >= 11 is 0. The van der Waals surface area contributed by atoms with Crippen LogP contribution in [0.25, 0.3) is 0 Å². The Morgan fingerprint density at radius 1 is 1.55 bits per heavy atom. The number of Topliss-reactive ketones (excluding diaryl/α,β-unsaturated/α-hetero) is 1. The highest BCUT2D eigenvalue weighted by Crippen LogP contribution is 2.58. The van der Waals surface area contributed by atoms with Gasteiger partial charge in [0.05, 0.1) is 12.3 Å². The second-order valence-electron chi connectivity index (χ2n) is 6.69. The van der Waals surface area contributed by atoms with Crippen LogP contribution in [-0.4, -0.2) is 34.8 Å². The minimum Gasteiger partial charge on any atom is -0.314 e. The van der Waals surface area contributed by atoms with E-state index in [1.54, 1.807) is 6.08 Å². The van der Waals surface area contributed by atoms with Gasteiger partial charge in [-0.25, -0.2) is 4.67 Å². The van der Waals surface area contributed by atoms with Gasteiger partial charge in [-0.3, -0.25) is 9.36 Å². The average molecular weight is 301 g/mol. The van der Waals surface area contributed by atoms with Crippen molar-refractivity contribution in [1.82, 2.24) is 4.67 Å². The first kappa shape index (κ1) is 17.6. The highest BCUT2D eigenvalue weighted by Gasteiger charge is 2.44. The van der Waals surface area contributed by atoms with Crippen molar-refractivity contribution in [1.29, 1.82) is 0 Å². The largest absolute Gasteiger partial charge is 0.314 e. The predicted molar refractivity (Wildman–Crippen MR) is 83.1 cm³/mol. The quantitative estimate of drug-likeness (QED) is 0.571. The second kappa shape index (κ2) is 6.55. The van der Waals surface area contributed by atoms with Crippen LogP contribution in [0.15, 0.2) is 12.7 Å². The minimum absolute atomic E-state index is 0.00316. The van der Waals surface area contributed by atoms with Crippen LogP contribution in [0.5, 0.6) is 0 Å². The van der Waals surface area contributed by atoms with E-state index >= 15 is 0 Å². The van der Waals surface area contributed by atoms with Crippen LogP contribution >= 0.6 is 7.52 Å². The Morgan fingerprint density at radius 2 is 2.15 bits per heavy atom. The molecule has 4 nitrogen and oxygen atoms in total. The summed E-state index contributed by atoms with van der Waals surface area (Å²) in [6, 6.07) is 0. The lowest BCUT2D eigenvalue weighted by Gasteiger charge is -2.45. The topological polar surface area (TPSA) is 46.6 Å². The summed E-state index contributed by atoms with van der Waals surface area (Å²) in [4.78, 5) is 12.3. The molecule has 1 saturated heterocycles. The Bertz CT molecular complexity index is 414. The van der Waals surface area contributed by atoms with Gasteiger partial charge in [-0.05, 0) is 40.5 Å². The summed E-state index contributed by atoms with van der Waals surface area (Å²) in [6.45, 7) is 14.2. The number of hydrogen-bond donors (Lipinski definition) is 0. The van der Waals surface area contributed by atoms with E-state index in [1.807, 2.05) is 39.3 Å². The number of carbonyl (C=O) groups is 1. The Hall–Kier alpha value is -0.440. The third kappa shape index (κ3) is 4.28.